The first kappa shape index (κ1) is 16.2. The van der Waals surface area contributed by atoms with E-state index in [1.54, 1.807) is 7.11 Å². The molecular formula is C21H20O4S. The topological polar surface area (TPSA) is 52.6 Å². The van der Waals surface area contributed by atoms with E-state index in [0.29, 0.717) is 12.4 Å². The van der Waals surface area contributed by atoms with E-state index >= 15 is 0 Å². The SMILES string of the molecule is COc1ccc2c(c1)CCC1(Cc3cc4c(cc3C1)CS(=O)OC4)C2=O. The van der Waals surface area contributed by atoms with Crippen LogP contribution in [0.1, 0.15) is 44.6 Å². The van der Waals surface area contributed by atoms with Gasteiger partial charge in [-0.05, 0) is 71.7 Å². The van der Waals surface area contributed by atoms with Crippen LogP contribution in [-0.2, 0) is 46.9 Å². The molecule has 26 heavy (non-hydrogen) atoms. The lowest BCUT2D eigenvalue weighted by molar-refractivity contribution is 0.0771. The highest BCUT2D eigenvalue weighted by atomic mass is 32.2. The molecule has 0 saturated heterocycles. The molecule has 134 valence electrons. The molecule has 2 aromatic rings. The second-order valence-corrected chi connectivity index (χ2v) is 8.72. The van der Waals surface area contributed by atoms with Crippen LogP contribution >= 0.6 is 0 Å². The summed E-state index contributed by atoms with van der Waals surface area (Å²) >= 11 is -1.23. The van der Waals surface area contributed by atoms with Gasteiger partial charge in [0.25, 0.3) is 0 Å². The van der Waals surface area contributed by atoms with Crippen molar-refractivity contribution in [3.05, 3.63) is 63.7 Å². The first-order valence-corrected chi connectivity index (χ1v) is 10.2. The van der Waals surface area contributed by atoms with E-state index in [1.807, 2.05) is 18.2 Å². The third kappa shape index (κ3) is 2.37. The van der Waals surface area contributed by atoms with Crippen molar-refractivity contribution in [1.29, 1.82) is 0 Å². The van der Waals surface area contributed by atoms with Gasteiger partial charge in [-0.15, -0.1) is 0 Å². The molecule has 2 aromatic carbocycles. The molecule has 0 bridgehead atoms. The van der Waals surface area contributed by atoms with Crippen molar-refractivity contribution in [3.63, 3.8) is 0 Å². The van der Waals surface area contributed by atoms with Crippen molar-refractivity contribution in [2.24, 2.45) is 5.41 Å². The number of hydrogen-bond acceptors (Lipinski definition) is 4. The van der Waals surface area contributed by atoms with Crippen molar-refractivity contribution >= 4 is 16.9 Å². The fourth-order valence-electron chi connectivity index (χ4n) is 4.71. The van der Waals surface area contributed by atoms with Crippen molar-refractivity contribution in [2.45, 2.75) is 38.0 Å². The molecule has 0 saturated carbocycles. The number of carbonyl (C=O) groups is 1. The number of benzene rings is 2. The maximum Gasteiger partial charge on any atom is 0.169 e. The summed E-state index contributed by atoms with van der Waals surface area (Å²) in [5.41, 5.74) is 6.34. The quantitative estimate of drug-likeness (QED) is 0.775. The number of carbonyl (C=O) groups excluding carboxylic acids is 1. The van der Waals surface area contributed by atoms with Crippen molar-refractivity contribution in [2.75, 3.05) is 7.11 Å². The van der Waals surface area contributed by atoms with Gasteiger partial charge in [0.2, 0.25) is 0 Å². The Morgan fingerprint density at radius 2 is 1.81 bits per heavy atom. The van der Waals surface area contributed by atoms with E-state index < -0.39 is 11.1 Å². The smallest absolute Gasteiger partial charge is 0.169 e. The van der Waals surface area contributed by atoms with E-state index in [2.05, 4.69) is 12.1 Å². The lowest BCUT2D eigenvalue weighted by Gasteiger charge is -2.33. The van der Waals surface area contributed by atoms with Crippen molar-refractivity contribution < 1.29 is 17.9 Å². The molecule has 5 heteroatoms. The first-order valence-electron chi connectivity index (χ1n) is 8.95. The molecule has 1 spiro atoms. The molecule has 4 nitrogen and oxygen atoms in total. The summed E-state index contributed by atoms with van der Waals surface area (Å²) in [7, 11) is 1.65. The van der Waals surface area contributed by atoms with Crippen LogP contribution in [0.25, 0.3) is 0 Å². The summed E-state index contributed by atoms with van der Waals surface area (Å²) in [6, 6.07) is 10.1. The molecule has 2 unspecified atom stereocenters. The van der Waals surface area contributed by atoms with Crippen LogP contribution in [0.5, 0.6) is 5.75 Å². The number of ketones is 1. The predicted octanol–water partition coefficient (Wildman–Crippen LogP) is 3.30. The average molecular weight is 368 g/mol. The fraction of sp³-hybridized carbons (Fsp3) is 0.381. The summed E-state index contributed by atoms with van der Waals surface area (Å²) in [5.74, 6) is 1.52. The number of hydrogen-bond donors (Lipinski definition) is 0. The van der Waals surface area contributed by atoms with Gasteiger partial charge in [-0.25, -0.2) is 4.21 Å². The molecule has 2 aliphatic carbocycles. The molecular weight excluding hydrogens is 348 g/mol. The van der Waals surface area contributed by atoms with Crippen LogP contribution in [0.15, 0.2) is 30.3 Å². The highest BCUT2D eigenvalue weighted by Gasteiger charge is 2.46. The lowest BCUT2D eigenvalue weighted by Crippen LogP contribution is -2.36. The molecule has 5 rings (SSSR count). The fourth-order valence-corrected chi connectivity index (χ4v) is 5.58. The summed E-state index contributed by atoms with van der Waals surface area (Å²) in [6.07, 6.45) is 3.35. The molecule has 3 aliphatic rings. The Hall–Kier alpha value is -1.98. The summed E-state index contributed by atoms with van der Waals surface area (Å²) in [5, 5.41) is 0. The number of methoxy groups -OCH3 is 1. The monoisotopic (exact) mass is 368 g/mol. The van der Waals surface area contributed by atoms with E-state index in [4.69, 9.17) is 8.92 Å². The highest BCUT2D eigenvalue weighted by molar-refractivity contribution is 7.79. The number of Topliss-reactive ketones (excluding diaryl/α,β-unsaturated/α-hetero) is 1. The zero-order chi connectivity index (χ0) is 17.9. The van der Waals surface area contributed by atoms with Gasteiger partial charge in [0.05, 0.1) is 19.5 Å². The molecule has 0 fully saturated rings. The van der Waals surface area contributed by atoms with Crippen LogP contribution in [0.2, 0.25) is 0 Å². The molecule has 1 aliphatic heterocycles. The standard InChI is InChI=1S/C21H20O4S/c1-24-18-2-3-19-13(8-18)4-5-21(20(19)22)9-14-6-16-11-25-26(23)12-17(16)7-15(14)10-21/h2-3,6-8H,4-5,9-12H2,1H3. The molecule has 1 heterocycles. The van der Waals surface area contributed by atoms with Crippen molar-refractivity contribution in [1.82, 2.24) is 0 Å². The second-order valence-electron chi connectivity index (χ2n) is 7.59. The van der Waals surface area contributed by atoms with Gasteiger partial charge in [0.1, 0.15) is 5.75 Å². The Labute approximate surface area is 155 Å². The Kier molecular flexibility index (Phi) is 3.59. The third-order valence-corrected chi connectivity index (χ3v) is 7.04. The van der Waals surface area contributed by atoms with E-state index in [1.165, 1.54) is 11.1 Å². The Morgan fingerprint density at radius 3 is 2.58 bits per heavy atom. The van der Waals surface area contributed by atoms with Gasteiger partial charge in [0.15, 0.2) is 16.9 Å². The zero-order valence-corrected chi connectivity index (χ0v) is 15.5. The number of aryl methyl sites for hydroxylation is 1. The van der Waals surface area contributed by atoms with E-state index in [-0.39, 0.29) is 11.2 Å². The van der Waals surface area contributed by atoms with Gasteiger partial charge in [-0.1, -0.05) is 12.1 Å². The van der Waals surface area contributed by atoms with Crippen LogP contribution in [0.3, 0.4) is 0 Å². The van der Waals surface area contributed by atoms with E-state index in [0.717, 1.165) is 53.7 Å². The van der Waals surface area contributed by atoms with Gasteiger partial charge >= 0.3 is 0 Å². The first-order chi connectivity index (χ1) is 12.6. The van der Waals surface area contributed by atoms with Gasteiger partial charge in [-0.2, -0.15) is 0 Å². The summed E-state index contributed by atoms with van der Waals surface area (Å²) in [6.45, 7) is 0.402. The predicted molar refractivity (Wildman–Crippen MR) is 98.6 cm³/mol. The van der Waals surface area contributed by atoms with Crippen LogP contribution < -0.4 is 4.74 Å². The Bertz CT molecular complexity index is 965. The highest BCUT2D eigenvalue weighted by Crippen LogP contribution is 2.47. The minimum atomic E-state index is -1.23. The largest absolute Gasteiger partial charge is 0.497 e. The van der Waals surface area contributed by atoms with Gasteiger partial charge < -0.3 is 4.74 Å². The second kappa shape index (κ2) is 5.76. The third-order valence-electron chi connectivity index (χ3n) is 6.11. The number of rotatable bonds is 1. The van der Waals surface area contributed by atoms with Crippen LogP contribution in [-0.4, -0.2) is 17.1 Å². The molecule has 0 N–H and O–H groups in total. The lowest BCUT2D eigenvalue weighted by atomic mass is 9.68. The number of fused-ring (bicyclic) bond motifs is 3. The summed E-state index contributed by atoms with van der Waals surface area (Å²) in [4.78, 5) is 13.4. The van der Waals surface area contributed by atoms with Crippen molar-refractivity contribution in [3.8, 4) is 5.75 Å². The number of ether oxygens (including phenoxy) is 1. The normalized spacial score (nSPS) is 26.3. The zero-order valence-electron chi connectivity index (χ0n) is 14.7. The minimum Gasteiger partial charge on any atom is -0.497 e. The maximum absolute atomic E-state index is 13.4. The average Bonchev–Trinajstić information content (AvgIpc) is 3.01. The molecule has 0 amide bonds. The Morgan fingerprint density at radius 1 is 1.04 bits per heavy atom. The van der Waals surface area contributed by atoms with Gasteiger partial charge in [0, 0.05) is 11.0 Å². The van der Waals surface area contributed by atoms with E-state index in [9.17, 15) is 9.00 Å². The Balaban J connectivity index is 1.51. The molecule has 0 radical (unpaired) electrons. The maximum atomic E-state index is 13.4. The van der Waals surface area contributed by atoms with Crippen LogP contribution in [0.4, 0.5) is 0 Å². The van der Waals surface area contributed by atoms with Crippen LogP contribution in [0, 0.1) is 5.41 Å². The summed E-state index contributed by atoms with van der Waals surface area (Å²) < 4.78 is 22.3. The minimum absolute atomic E-state index is 0.260. The molecule has 2 atom stereocenters. The van der Waals surface area contributed by atoms with Gasteiger partial charge in [-0.3, -0.25) is 8.98 Å². The molecule has 0 aromatic heterocycles.